The van der Waals surface area contributed by atoms with Gasteiger partial charge in [0, 0.05) is 46.3 Å². The maximum Gasteiger partial charge on any atom is 0.353 e. The highest BCUT2D eigenvalue weighted by Crippen LogP contribution is 2.46. The van der Waals surface area contributed by atoms with Gasteiger partial charge in [0.25, 0.3) is 5.56 Å². The molecule has 0 spiro atoms. The number of nitriles is 1. The van der Waals surface area contributed by atoms with Crippen molar-refractivity contribution in [3.05, 3.63) is 153 Å². The number of aryl methyl sites for hydroxylation is 2. The molecule has 1 aliphatic rings. The van der Waals surface area contributed by atoms with E-state index in [2.05, 4.69) is 103 Å². The molecule has 3 aromatic carbocycles. The molecule has 0 saturated carbocycles. The second kappa shape index (κ2) is 23.6. The van der Waals surface area contributed by atoms with Gasteiger partial charge < -0.3 is 29.2 Å². The number of esters is 1. The molecule has 1 aliphatic heterocycles. The van der Waals surface area contributed by atoms with Crippen molar-refractivity contribution in [3.8, 4) is 41.8 Å². The third kappa shape index (κ3) is 11.9. The maximum absolute atomic E-state index is 13.8. The van der Waals surface area contributed by atoms with Gasteiger partial charge in [-0.3, -0.25) is 19.0 Å². The molecule has 0 fully saturated rings. The number of unbranched alkanes of at least 4 members (excludes halogenated alkanes) is 7. The number of carboxylic acids is 2. The summed E-state index contributed by atoms with van der Waals surface area (Å²) in [6.07, 6.45) is 14.7. The Morgan fingerprint density at radius 3 is 2.01 bits per heavy atom. The van der Waals surface area contributed by atoms with Gasteiger partial charge in [-0.05, 0) is 121 Å². The van der Waals surface area contributed by atoms with Gasteiger partial charge in [-0.15, -0.1) is 34.0 Å². The third-order valence-corrected chi connectivity index (χ3v) is 15.8. The van der Waals surface area contributed by atoms with Crippen molar-refractivity contribution in [2.24, 2.45) is 0 Å². The van der Waals surface area contributed by atoms with Crippen molar-refractivity contribution >= 4 is 80.6 Å². The summed E-state index contributed by atoms with van der Waals surface area (Å²) in [6, 6.07) is 37.7. The van der Waals surface area contributed by atoms with Gasteiger partial charge in [0.2, 0.25) is 0 Å². The molecular formula is C56H54N4O8S3. The van der Waals surface area contributed by atoms with Gasteiger partial charge in [0.1, 0.15) is 42.3 Å². The minimum absolute atomic E-state index is 0.210. The van der Waals surface area contributed by atoms with Gasteiger partial charge in [-0.1, -0.05) is 88.8 Å². The standard InChI is InChI=1S/C56H54N4O8S3/c1-3-5-6-7-8-9-10-13-31-67-41-21-19-40(20-22-41)60-44-15-12-11-14-37(44)16-17-38-32-39(18-24-45(38)60)47-26-27-50(70-47)51-29-28-49(71-51)48-25-23-42(69-48)33-46-55(65)59(36-53(63)64)54(58(46)35-52(61)62)43(34-57)56(66)68-30-4-2/h4,11-12,14-15,18-29,32-33H,2-3,5-10,13,16-17,30-31,35-36H2,1H3,(H,61,62)(H,63,64)/b46-33+,54-43-. The minimum atomic E-state index is -1.43. The van der Waals surface area contributed by atoms with E-state index in [1.54, 1.807) is 34.8 Å². The normalized spacial score (nSPS) is 12.7. The number of para-hydroxylation sites is 1. The summed E-state index contributed by atoms with van der Waals surface area (Å²) in [5.41, 5.74) is 5.08. The Morgan fingerprint density at radius 1 is 0.718 bits per heavy atom. The molecule has 7 aromatic rings. The summed E-state index contributed by atoms with van der Waals surface area (Å²) < 4.78 is 12.9. The number of anilines is 3. The van der Waals surface area contributed by atoms with Crippen LogP contribution in [0.3, 0.4) is 0 Å². The number of hydrogen-bond donors (Lipinski definition) is 2. The number of fused-ring (bicyclic) bond motifs is 2. The molecule has 0 aliphatic carbocycles. The number of imidazole rings is 1. The molecule has 15 heteroatoms. The van der Waals surface area contributed by atoms with Crippen LogP contribution < -0.4 is 26.0 Å². The van der Waals surface area contributed by atoms with E-state index in [-0.39, 0.29) is 12.0 Å². The summed E-state index contributed by atoms with van der Waals surface area (Å²) in [5.74, 6) is -3.08. The van der Waals surface area contributed by atoms with Crippen LogP contribution in [0, 0.1) is 11.3 Å². The van der Waals surface area contributed by atoms with Gasteiger partial charge >= 0.3 is 17.9 Å². The molecule has 0 atom stereocenters. The topological polar surface area (TPSA) is 164 Å². The first-order valence-corrected chi connectivity index (χ1v) is 26.2. The number of aliphatic carboxylic acids is 2. The van der Waals surface area contributed by atoms with E-state index in [4.69, 9.17) is 9.47 Å². The van der Waals surface area contributed by atoms with Crippen molar-refractivity contribution in [2.45, 2.75) is 84.2 Å². The van der Waals surface area contributed by atoms with Crippen LogP contribution in [-0.4, -0.2) is 50.5 Å². The number of carbonyl (C=O) groups is 3. The van der Waals surface area contributed by atoms with Crippen molar-refractivity contribution in [3.63, 3.8) is 0 Å². The first kappa shape index (κ1) is 50.1. The third-order valence-electron chi connectivity index (χ3n) is 12.2. The van der Waals surface area contributed by atoms with Crippen LogP contribution in [0.5, 0.6) is 5.75 Å². The lowest BCUT2D eigenvalue weighted by Crippen LogP contribution is -2.37. The molecule has 12 nitrogen and oxygen atoms in total. The van der Waals surface area contributed by atoms with Gasteiger partial charge in [-0.2, -0.15) is 5.26 Å². The molecule has 364 valence electrons. The van der Waals surface area contributed by atoms with Crippen molar-refractivity contribution in [1.82, 2.24) is 9.13 Å². The average molecular weight is 1010 g/mol. The molecule has 0 radical (unpaired) electrons. The first-order chi connectivity index (χ1) is 34.6. The zero-order valence-corrected chi connectivity index (χ0v) is 41.9. The predicted molar refractivity (Wildman–Crippen MR) is 284 cm³/mol. The maximum atomic E-state index is 13.8. The van der Waals surface area contributed by atoms with E-state index in [0.29, 0.717) is 9.44 Å². The molecule has 71 heavy (non-hydrogen) atoms. The summed E-state index contributed by atoms with van der Waals surface area (Å²) in [5, 5.41) is 29.2. The predicted octanol–water partition coefficient (Wildman–Crippen LogP) is 11.3. The van der Waals surface area contributed by atoms with Crippen molar-refractivity contribution < 1.29 is 34.1 Å². The number of carboxylic acid groups (broad SMARTS) is 2. The second-order valence-corrected chi connectivity index (χ2v) is 20.4. The van der Waals surface area contributed by atoms with Gasteiger partial charge in [0.05, 0.1) is 6.61 Å². The largest absolute Gasteiger partial charge is 0.494 e. The monoisotopic (exact) mass is 1010 g/mol. The lowest BCUT2D eigenvalue weighted by molar-refractivity contribution is -0.138. The summed E-state index contributed by atoms with van der Waals surface area (Å²) in [7, 11) is 0. The molecule has 5 heterocycles. The quantitative estimate of drug-likeness (QED) is 0.0379. The molecule has 0 unspecified atom stereocenters. The molecule has 0 amide bonds. The fraction of sp³-hybridized carbons (Fsp3) is 0.268. The van der Waals surface area contributed by atoms with Crippen molar-refractivity contribution in [2.75, 3.05) is 18.1 Å². The number of ether oxygens (including phenoxy) is 2. The van der Waals surface area contributed by atoms with Crippen LogP contribution >= 0.6 is 34.0 Å². The Balaban J connectivity index is 1.01. The van der Waals surface area contributed by atoms with Crippen LogP contribution in [0.15, 0.2) is 121 Å². The number of benzene rings is 3. The molecule has 8 rings (SSSR count). The summed E-state index contributed by atoms with van der Waals surface area (Å²) in [4.78, 5) is 58.7. The zero-order valence-electron chi connectivity index (χ0n) is 39.4. The van der Waals surface area contributed by atoms with E-state index < -0.39 is 47.6 Å². The highest BCUT2D eigenvalue weighted by atomic mass is 32.1. The number of carbonyl (C=O) groups excluding carboxylic acids is 1. The smallest absolute Gasteiger partial charge is 0.353 e. The van der Waals surface area contributed by atoms with E-state index in [1.165, 1.54) is 85.2 Å². The number of hydrogen-bond acceptors (Lipinski definition) is 11. The number of nitrogens with zero attached hydrogens (tertiary/aromatic N) is 4. The SMILES string of the molecule is C=CCOC(=O)/C(C#N)=c1\n(CC(=O)O)c(=O)/c(=C\c2ccc(-c3ccc(-c4ccc(-c5ccc6c(c5)CCc5ccccc5N6c5ccc(OCCCCCCCCCC)cc5)s4)s3)s2)n1CC(=O)O. The molecule has 0 bridgehead atoms. The van der Waals surface area contributed by atoms with E-state index in [9.17, 15) is 34.7 Å². The van der Waals surface area contributed by atoms with Crippen LogP contribution in [0.4, 0.5) is 17.1 Å². The van der Waals surface area contributed by atoms with Gasteiger partial charge in [0.15, 0.2) is 5.57 Å². The van der Waals surface area contributed by atoms with Gasteiger partial charge in [-0.25, -0.2) is 4.79 Å². The van der Waals surface area contributed by atoms with E-state index in [0.717, 1.165) is 77.5 Å². The van der Waals surface area contributed by atoms with Crippen LogP contribution in [0.25, 0.3) is 41.6 Å². The lowest BCUT2D eigenvalue weighted by atomic mass is 10.0. The molecular weight excluding hydrogens is 953 g/mol. The fourth-order valence-corrected chi connectivity index (χ4v) is 11.9. The molecule has 0 saturated heterocycles. The second-order valence-electron chi connectivity index (χ2n) is 17.1. The Kier molecular flexibility index (Phi) is 16.6. The zero-order chi connectivity index (χ0) is 49.9. The van der Waals surface area contributed by atoms with Crippen LogP contribution in [0.2, 0.25) is 0 Å². The lowest BCUT2D eigenvalue weighted by Gasteiger charge is -2.27. The number of thiophene rings is 3. The minimum Gasteiger partial charge on any atom is -0.494 e. The van der Waals surface area contributed by atoms with Crippen LogP contribution in [0.1, 0.15) is 74.3 Å². The molecule has 4 aromatic heterocycles. The Morgan fingerprint density at radius 2 is 1.32 bits per heavy atom. The van der Waals surface area contributed by atoms with E-state index in [1.807, 2.05) is 12.1 Å². The number of aromatic nitrogens is 2. The first-order valence-electron chi connectivity index (χ1n) is 23.8. The highest BCUT2D eigenvalue weighted by molar-refractivity contribution is 7.27. The summed E-state index contributed by atoms with van der Waals surface area (Å²) in [6.45, 7) is 4.43. The fourth-order valence-electron chi connectivity index (χ4n) is 8.81. The Bertz CT molecular complexity index is 3290. The summed E-state index contributed by atoms with van der Waals surface area (Å²) >= 11 is 4.70. The molecule has 2 N–H and O–H groups in total. The highest BCUT2D eigenvalue weighted by Gasteiger charge is 2.25. The Labute approximate surface area is 423 Å². The van der Waals surface area contributed by atoms with Crippen LogP contribution in [-0.2, 0) is 45.1 Å². The van der Waals surface area contributed by atoms with Crippen molar-refractivity contribution in [1.29, 1.82) is 5.26 Å². The number of rotatable bonds is 22. The van der Waals surface area contributed by atoms with E-state index >= 15 is 0 Å². The average Bonchev–Trinajstić information content (AvgIpc) is 4.19. The Hall–Kier alpha value is -7.25.